The highest BCUT2D eigenvalue weighted by Gasteiger charge is 1.94. The number of aliphatic hydroxyl groups excluding tert-OH is 1. The molecule has 0 aromatic heterocycles. The van der Waals surface area contributed by atoms with E-state index >= 15 is 0 Å². The van der Waals surface area contributed by atoms with Gasteiger partial charge in [0.25, 0.3) is 0 Å². The van der Waals surface area contributed by atoms with Gasteiger partial charge in [0, 0.05) is 0 Å². The summed E-state index contributed by atoms with van der Waals surface area (Å²) in [4.78, 5) is 0. The second kappa shape index (κ2) is 5.35. The van der Waals surface area contributed by atoms with E-state index in [0.29, 0.717) is 5.76 Å². The molecular weight excluding hydrogens is 208 g/mol. The fraction of sp³-hybridized carbons (Fsp3) is 0.125. The van der Waals surface area contributed by atoms with Crippen molar-refractivity contribution in [2.24, 2.45) is 0 Å². The van der Waals surface area contributed by atoms with Gasteiger partial charge >= 0.3 is 0 Å². The summed E-state index contributed by atoms with van der Waals surface area (Å²) in [5.74, 6) is 0.334. The Bertz CT molecular complexity index is 516. The van der Waals surface area contributed by atoms with Crippen molar-refractivity contribution in [1.29, 1.82) is 0 Å². The number of allylic oxidation sites excluding steroid dienone is 6. The van der Waals surface area contributed by atoms with E-state index in [9.17, 15) is 5.11 Å². The number of hydrogen-bond acceptors (Lipinski definition) is 1. The predicted octanol–water partition coefficient (Wildman–Crippen LogP) is 4.34. The fourth-order valence-electron chi connectivity index (χ4n) is 1.72. The molecule has 17 heavy (non-hydrogen) atoms. The van der Waals surface area contributed by atoms with Crippen molar-refractivity contribution in [2.45, 2.75) is 13.3 Å². The van der Waals surface area contributed by atoms with Crippen LogP contribution >= 0.6 is 0 Å². The highest BCUT2D eigenvalue weighted by atomic mass is 16.3. The van der Waals surface area contributed by atoms with E-state index in [0.717, 1.165) is 12.0 Å². The number of benzene rings is 1. The molecule has 0 fully saturated rings. The summed E-state index contributed by atoms with van der Waals surface area (Å²) in [5, 5.41) is 9.35. The predicted molar refractivity (Wildman–Crippen MR) is 72.8 cm³/mol. The Balaban J connectivity index is 2.12. The van der Waals surface area contributed by atoms with E-state index in [-0.39, 0.29) is 0 Å². The van der Waals surface area contributed by atoms with Gasteiger partial charge in [0.15, 0.2) is 0 Å². The van der Waals surface area contributed by atoms with Gasteiger partial charge in [-0.3, -0.25) is 0 Å². The van der Waals surface area contributed by atoms with Crippen molar-refractivity contribution in [3.05, 3.63) is 77.1 Å². The number of hydrogen-bond donors (Lipinski definition) is 1. The van der Waals surface area contributed by atoms with Crippen molar-refractivity contribution in [3.63, 3.8) is 0 Å². The summed E-state index contributed by atoms with van der Waals surface area (Å²) in [7, 11) is 0. The van der Waals surface area contributed by atoms with Gasteiger partial charge in [-0.05, 0) is 36.6 Å². The van der Waals surface area contributed by atoms with Gasteiger partial charge in [-0.25, -0.2) is 0 Å². The molecule has 2 rings (SSSR count). The second-order valence-electron chi connectivity index (χ2n) is 4.15. The third kappa shape index (κ3) is 3.49. The largest absolute Gasteiger partial charge is 0.508 e. The maximum absolute atomic E-state index is 9.35. The molecule has 86 valence electrons. The SMILES string of the molecule is Cc1cccc(/C=C/C2=CCC=C(O)C=C2)c1. The minimum atomic E-state index is 0.334. The quantitative estimate of drug-likeness (QED) is 0.792. The standard InChI is InChI=1S/C16H16O/c1-13-4-2-6-15(12-13)9-8-14-5-3-7-16(17)11-10-14/h2,4-12,17H,3H2,1H3/b9-8+. The van der Waals surface area contributed by atoms with Gasteiger partial charge in [0.2, 0.25) is 0 Å². The molecule has 1 aromatic carbocycles. The maximum Gasteiger partial charge on any atom is 0.111 e. The first-order chi connectivity index (χ1) is 8.24. The molecule has 1 nitrogen and oxygen atoms in total. The van der Waals surface area contributed by atoms with Crippen LogP contribution in [0.2, 0.25) is 0 Å². The van der Waals surface area contributed by atoms with Crippen LogP contribution in [-0.4, -0.2) is 5.11 Å². The third-order valence-corrected chi connectivity index (χ3v) is 2.64. The third-order valence-electron chi connectivity index (χ3n) is 2.64. The first-order valence-corrected chi connectivity index (χ1v) is 5.76. The smallest absolute Gasteiger partial charge is 0.111 e. The first kappa shape index (κ1) is 11.5. The molecule has 0 spiro atoms. The van der Waals surface area contributed by atoms with Crippen LogP contribution in [0.25, 0.3) is 6.08 Å². The van der Waals surface area contributed by atoms with Crippen LogP contribution in [0.15, 0.2) is 66.0 Å². The Labute approximate surface area is 102 Å². The van der Waals surface area contributed by atoms with Crippen molar-refractivity contribution < 1.29 is 5.11 Å². The summed E-state index contributed by atoms with van der Waals surface area (Å²) in [6, 6.07) is 8.37. The van der Waals surface area contributed by atoms with Crippen molar-refractivity contribution >= 4 is 6.08 Å². The molecular formula is C16H16O. The van der Waals surface area contributed by atoms with Crippen molar-refractivity contribution in [2.75, 3.05) is 0 Å². The van der Waals surface area contributed by atoms with E-state index < -0.39 is 0 Å². The van der Waals surface area contributed by atoms with E-state index in [1.807, 2.05) is 6.08 Å². The molecule has 0 saturated heterocycles. The lowest BCUT2D eigenvalue weighted by molar-refractivity contribution is 0.431. The average molecular weight is 224 g/mol. The van der Waals surface area contributed by atoms with Gasteiger partial charge in [-0.15, -0.1) is 0 Å². The molecule has 0 heterocycles. The lowest BCUT2D eigenvalue weighted by atomic mass is 10.1. The molecule has 0 radical (unpaired) electrons. The molecule has 0 unspecified atom stereocenters. The fourth-order valence-corrected chi connectivity index (χ4v) is 1.72. The monoisotopic (exact) mass is 224 g/mol. The van der Waals surface area contributed by atoms with Crippen LogP contribution in [0, 0.1) is 6.92 Å². The Morgan fingerprint density at radius 1 is 1.12 bits per heavy atom. The molecule has 1 aromatic rings. The molecule has 1 heteroatoms. The van der Waals surface area contributed by atoms with Crippen molar-refractivity contribution in [3.8, 4) is 0 Å². The zero-order valence-electron chi connectivity index (χ0n) is 9.93. The van der Waals surface area contributed by atoms with Crippen LogP contribution < -0.4 is 0 Å². The average Bonchev–Trinajstić information content (AvgIpc) is 2.52. The molecule has 0 saturated carbocycles. The lowest BCUT2D eigenvalue weighted by Gasteiger charge is -1.96. The van der Waals surface area contributed by atoms with Gasteiger partial charge in [0.1, 0.15) is 5.76 Å². The van der Waals surface area contributed by atoms with Crippen LogP contribution in [0.5, 0.6) is 0 Å². The van der Waals surface area contributed by atoms with E-state index in [2.05, 4.69) is 49.4 Å². The van der Waals surface area contributed by atoms with E-state index in [1.54, 1.807) is 12.2 Å². The molecule has 0 amide bonds. The van der Waals surface area contributed by atoms with Gasteiger partial charge in [0.05, 0.1) is 0 Å². The van der Waals surface area contributed by atoms with Crippen LogP contribution in [0.3, 0.4) is 0 Å². The normalized spacial score (nSPS) is 15.6. The summed E-state index contributed by atoms with van der Waals surface area (Å²) in [5.41, 5.74) is 3.57. The minimum absolute atomic E-state index is 0.334. The van der Waals surface area contributed by atoms with Crippen LogP contribution in [0.1, 0.15) is 17.5 Å². The highest BCUT2D eigenvalue weighted by Crippen LogP contribution is 2.12. The number of rotatable bonds is 2. The van der Waals surface area contributed by atoms with Gasteiger partial charge < -0.3 is 5.11 Å². The molecule has 1 N–H and O–H groups in total. The molecule has 0 bridgehead atoms. The van der Waals surface area contributed by atoms with Gasteiger partial charge in [-0.2, -0.15) is 0 Å². The highest BCUT2D eigenvalue weighted by molar-refractivity contribution is 5.56. The number of aryl methyl sites for hydroxylation is 1. The Morgan fingerprint density at radius 3 is 2.82 bits per heavy atom. The van der Waals surface area contributed by atoms with E-state index in [1.165, 1.54) is 11.1 Å². The molecule has 0 atom stereocenters. The maximum atomic E-state index is 9.35. The summed E-state index contributed by atoms with van der Waals surface area (Å²) in [6.45, 7) is 2.09. The number of aliphatic hydroxyl groups is 1. The molecule has 1 aliphatic rings. The second-order valence-corrected chi connectivity index (χ2v) is 4.15. The van der Waals surface area contributed by atoms with Crippen molar-refractivity contribution in [1.82, 2.24) is 0 Å². The zero-order chi connectivity index (χ0) is 12.1. The Hall–Kier alpha value is -2.02. The zero-order valence-corrected chi connectivity index (χ0v) is 9.93. The summed E-state index contributed by atoms with van der Waals surface area (Å²) >= 11 is 0. The van der Waals surface area contributed by atoms with Crippen LogP contribution in [-0.2, 0) is 0 Å². The molecule has 1 aliphatic carbocycles. The Morgan fingerprint density at radius 2 is 2.00 bits per heavy atom. The molecule has 0 aliphatic heterocycles. The summed E-state index contributed by atoms with van der Waals surface area (Å²) in [6.07, 6.45) is 12.5. The summed E-state index contributed by atoms with van der Waals surface area (Å²) < 4.78 is 0. The van der Waals surface area contributed by atoms with Crippen LogP contribution in [0.4, 0.5) is 0 Å². The van der Waals surface area contributed by atoms with E-state index in [4.69, 9.17) is 0 Å². The topological polar surface area (TPSA) is 20.2 Å². The first-order valence-electron chi connectivity index (χ1n) is 5.76. The lowest BCUT2D eigenvalue weighted by Crippen LogP contribution is -1.76. The minimum Gasteiger partial charge on any atom is -0.508 e. The van der Waals surface area contributed by atoms with Gasteiger partial charge in [-0.1, -0.05) is 54.1 Å². The Kier molecular flexibility index (Phi) is 3.61.